The summed E-state index contributed by atoms with van der Waals surface area (Å²) >= 11 is 0. The van der Waals surface area contributed by atoms with Crippen molar-refractivity contribution in [3.63, 3.8) is 0 Å². The molecule has 0 fully saturated rings. The fourth-order valence-electron chi connectivity index (χ4n) is 2.41. The summed E-state index contributed by atoms with van der Waals surface area (Å²) in [5.41, 5.74) is -0.522. The highest BCUT2D eigenvalue weighted by atomic mass is 16.5. The van der Waals surface area contributed by atoms with E-state index in [1.807, 2.05) is 0 Å². The Morgan fingerprint density at radius 1 is 1.08 bits per heavy atom. The van der Waals surface area contributed by atoms with Gasteiger partial charge in [-0.1, -0.05) is 0 Å². The first-order chi connectivity index (χ1) is 12.4. The van der Waals surface area contributed by atoms with E-state index in [4.69, 9.17) is 23.7 Å². The second-order valence-electron chi connectivity index (χ2n) is 5.51. The first-order valence-electron chi connectivity index (χ1n) is 8.00. The number of carboxylic acid groups (broad SMARTS) is 1. The summed E-state index contributed by atoms with van der Waals surface area (Å²) in [6.45, 7) is 0.0354. The predicted molar refractivity (Wildman–Crippen MR) is 91.7 cm³/mol. The predicted octanol–water partition coefficient (Wildman–Crippen LogP) is 2.15. The molecular weight excluding hydrogens is 344 g/mol. The van der Waals surface area contributed by atoms with E-state index < -0.39 is 17.6 Å². The Balaban J connectivity index is 2.03. The molecule has 0 aliphatic rings. The summed E-state index contributed by atoms with van der Waals surface area (Å²) in [5, 5.41) is 9.51. The Labute approximate surface area is 149 Å². The molecule has 8 nitrogen and oxygen atoms in total. The van der Waals surface area contributed by atoms with E-state index in [-0.39, 0.29) is 32.3 Å². The lowest BCUT2D eigenvalue weighted by Gasteiger charge is -2.09. The fraction of sp³-hybridized carbons (Fsp3) is 0.389. The van der Waals surface area contributed by atoms with Crippen molar-refractivity contribution in [2.45, 2.75) is 25.7 Å². The van der Waals surface area contributed by atoms with Gasteiger partial charge >= 0.3 is 17.6 Å². The van der Waals surface area contributed by atoms with Gasteiger partial charge in [0.25, 0.3) is 0 Å². The Hall–Kier alpha value is -3.03. The maximum Gasteiger partial charge on any atom is 0.343 e. The molecule has 0 aliphatic heterocycles. The molecule has 0 spiro atoms. The average molecular weight is 364 g/mol. The van der Waals surface area contributed by atoms with Crippen LogP contribution in [0.4, 0.5) is 0 Å². The first kappa shape index (κ1) is 19.3. The van der Waals surface area contributed by atoms with Crippen molar-refractivity contribution in [2.24, 2.45) is 0 Å². The van der Waals surface area contributed by atoms with Gasteiger partial charge in [-0.3, -0.25) is 9.59 Å². The lowest BCUT2D eigenvalue weighted by atomic mass is 10.1. The van der Waals surface area contributed by atoms with Crippen molar-refractivity contribution in [2.75, 3.05) is 20.8 Å². The topological polar surface area (TPSA) is 112 Å². The van der Waals surface area contributed by atoms with Crippen LogP contribution in [0.15, 0.2) is 27.4 Å². The largest absolute Gasteiger partial charge is 0.493 e. The Kier molecular flexibility index (Phi) is 6.60. The summed E-state index contributed by atoms with van der Waals surface area (Å²) in [6.07, 6.45) is 0.399. The number of benzene rings is 1. The number of esters is 1. The SMILES string of the molecule is COc1cc2cc(CCOC(=O)CCCC(=O)O)oc(=O)c2cc1OC. The molecule has 1 aromatic heterocycles. The molecule has 2 aromatic rings. The molecule has 1 heterocycles. The summed E-state index contributed by atoms with van der Waals surface area (Å²) < 4.78 is 20.6. The zero-order valence-electron chi connectivity index (χ0n) is 14.6. The smallest absolute Gasteiger partial charge is 0.343 e. The number of hydrogen-bond acceptors (Lipinski definition) is 7. The number of carbonyl (C=O) groups excluding carboxylic acids is 1. The van der Waals surface area contributed by atoms with Gasteiger partial charge < -0.3 is 23.7 Å². The normalized spacial score (nSPS) is 10.5. The van der Waals surface area contributed by atoms with Crippen LogP contribution in [0.3, 0.4) is 0 Å². The Bertz CT molecular complexity index is 852. The second kappa shape index (κ2) is 8.89. The molecule has 0 saturated heterocycles. The van der Waals surface area contributed by atoms with Crippen LogP contribution in [-0.4, -0.2) is 37.9 Å². The van der Waals surface area contributed by atoms with Crippen LogP contribution < -0.4 is 15.1 Å². The highest BCUT2D eigenvalue weighted by Crippen LogP contribution is 2.31. The highest BCUT2D eigenvalue weighted by Gasteiger charge is 2.12. The van der Waals surface area contributed by atoms with E-state index in [0.717, 1.165) is 0 Å². The molecule has 0 aliphatic carbocycles. The lowest BCUT2D eigenvalue weighted by molar-refractivity contribution is -0.144. The number of fused-ring (bicyclic) bond motifs is 1. The Morgan fingerprint density at radius 2 is 1.77 bits per heavy atom. The zero-order chi connectivity index (χ0) is 19.1. The molecule has 2 rings (SSSR count). The van der Waals surface area contributed by atoms with Crippen LogP contribution in [-0.2, 0) is 20.7 Å². The van der Waals surface area contributed by atoms with Gasteiger partial charge in [-0.15, -0.1) is 0 Å². The summed E-state index contributed by atoms with van der Waals surface area (Å²) in [5.74, 6) is -0.159. The molecule has 0 saturated carbocycles. The molecular formula is C18H20O8. The van der Waals surface area contributed by atoms with Crippen molar-refractivity contribution in [3.8, 4) is 11.5 Å². The third-order valence-corrected chi connectivity index (χ3v) is 3.70. The monoisotopic (exact) mass is 364 g/mol. The van der Waals surface area contributed by atoms with Gasteiger partial charge in [0, 0.05) is 19.3 Å². The maximum absolute atomic E-state index is 12.1. The van der Waals surface area contributed by atoms with Crippen molar-refractivity contribution < 1.29 is 33.3 Å². The average Bonchev–Trinajstić information content (AvgIpc) is 2.60. The van der Waals surface area contributed by atoms with Gasteiger partial charge in [-0.2, -0.15) is 0 Å². The molecule has 26 heavy (non-hydrogen) atoms. The molecule has 8 heteroatoms. The lowest BCUT2D eigenvalue weighted by Crippen LogP contribution is -2.10. The van der Waals surface area contributed by atoms with Crippen molar-refractivity contribution in [3.05, 3.63) is 34.4 Å². The van der Waals surface area contributed by atoms with Crippen molar-refractivity contribution >= 4 is 22.7 Å². The number of rotatable bonds is 9. The van der Waals surface area contributed by atoms with E-state index >= 15 is 0 Å². The van der Waals surface area contributed by atoms with Crippen LogP contribution in [0.1, 0.15) is 25.0 Å². The molecule has 0 bridgehead atoms. The second-order valence-corrected chi connectivity index (χ2v) is 5.51. The molecule has 0 atom stereocenters. The number of aliphatic carboxylic acids is 1. The van der Waals surface area contributed by atoms with Gasteiger partial charge in [-0.25, -0.2) is 4.79 Å². The third kappa shape index (κ3) is 4.98. The maximum atomic E-state index is 12.1. The van der Waals surface area contributed by atoms with Gasteiger partial charge in [0.2, 0.25) is 0 Å². The number of ether oxygens (including phenoxy) is 3. The summed E-state index contributed by atoms with van der Waals surface area (Å²) in [6, 6.07) is 4.90. The number of carboxylic acids is 1. The minimum Gasteiger partial charge on any atom is -0.493 e. The quantitative estimate of drug-likeness (QED) is 0.674. The Morgan fingerprint density at radius 3 is 2.42 bits per heavy atom. The zero-order valence-corrected chi connectivity index (χ0v) is 14.6. The van der Waals surface area contributed by atoms with E-state index in [0.29, 0.717) is 28.0 Å². The third-order valence-electron chi connectivity index (χ3n) is 3.70. The number of hydrogen-bond donors (Lipinski definition) is 1. The van der Waals surface area contributed by atoms with Crippen LogP contribution >= 0.6 is 0 Å². The van der Waals surface area contributed by atoms with Crippen LogP contribution in [0.2, 0.25) is 0 Å². The highest BCUT2D eigenvalue weighted by molar-refractivity contribution is 5.85. The van der Waals surface area contributed by atoms with Crippen LogP contribution in [0.25, 0.3) is 10.8 Å². The fourth-order valence-corrected chi connectivity index (χ4v) is 2.41. The first-order valence-corrected chi connectivity index (χ1v) is 8.00. The van der Waals surface area contributed by atoms with E-state index in [1.165, 1.54) is 14.2 Å². The molecule has 0 amide bonds. The van der Waals surface area contributed by atoms with Crippen LogP contribution in [0, 0.1) is 0 Å². The molecule has 1 aromatic carbocycles. The van der Waals surface area contributed by atoms with Gasteiger partial charge in [0.1, 0.15) is 5.76 Å². The van der Waals surface area contributed by atoms with Gasteiger partial charge in [-0.05, 0) is 30.0 Å². The van der Waals surface area contributed by atoms with E-state index in [9.17, 15) is 14.4 Å². The van der Waals surface area contributed by atoms with E-state index in [2.05, 4.69) is 0 Å². The van der Waals surface area contributed by atoms with E-state index in [1.54, 1.807) is 18.2 Å². The van der Waals surface area contributed by atoms with Gasteiger partial charge in [0.15, 0.2) is 11.5 Å². The summed E-state index contributed by atoms with van der Waals surface area (Å²) in [4.78, 5) is 34.0. The molecule has 140 valence electrons. The molecule has 0 unspecified atom stereocenters. The minimum absolute atomic E-state index is 0.0327. The van der Waals surface area contributed by atoms with Gasteiger partial charge in [0.05, 0.1) is 26.2 Å². The number of carbonyl (C=O) groups is 2. The molecule has 1 N–H and O–H groups in total. The number of methoxy groups -OCH3 is 2. The minimum atomic E-state index is -0.956. The molecule has 0 radical (unpaired) electrons. The van der Waals surface area contributed by atoms with Crippen LogP contribution in [0.5, 0.6) is 11.5 Å². The standard InChI is InChI=1S/C18H20O8/c1-23-14-9-11-8-12(26-18(22)13(11)10-15(14)24-2)6-7-25-17(21)5-3-4-16(19)20/h8-10H,3-7H2,1-2H3,(H,19,20). The van der Waals surface area contributed by atoms with Crippen molar-refractivity contribution in [1.82, 2.24) is 0 Å². The van der Waals surface area contributed by atoms with Crippen molar-refractivity contribution in [1.29, 1.82) is 0 Å². The summed E-state index contributed by atoms with van der Waals surface area (Å²) in [7, 11) is 2.98.